The molecule has 1 unspecified atom stereocenters. The molecule has 0 saturated heterocycles. The highest BCUT2D eigenvalue weighted by Gasteiger charge is 2.29. The highest BCUT2D eigenvalue weighted by Crippen LogP contribution is 2.36. The molecule has 0 aliphatic carbocycles. The Balaban J connectivity index is 1.66. The topological polar surface area (TPSA) is 74.6 Å². The monoisotopic (exact) mass is 392 g/mol. The van der Waals surface area contributed by atoms with Gasteiger partial charge >= 0.3 is 0 Å². The van der Waals surface area contributed by atoms with Crippen molar-refractivity contribution >= 4 is 11.6 Å². The standard InChI is InChI=1S/C25H20N4O/c26-18-29(25(27)28-21-9-5-2-6-10-21)23-15-16-30-24-14-13-20(17-22(23)24)12-11-19-7-3-1-4-8-19/h1-10,13-14,17,23H,15-16H2,(H2,27,28). The van der Waals surface area contributed by atoms with Crippen molar-refractivity contribution < 1.29 is 4.74 Å². The normalized spacial score (nSPS) is 15.0. The van der Waals surface area contributed by atoms with Crippen LogP contribution >= 0.6 is 0 Å². The van der Waals surface area contributed by atoms with Crippen molar-refractivity contribution in [3.8, 4) is 23.8 Å². The number of fused-ring (bicyclic) bond motifs is 1. The summed E-state index contributed by atoms with van der Waals surface area (Å²) in [5, 5.41) is 9.82. The lowest BCUT2D eigenvalue weighted by atomic mass is 9.97. The van der Waals surface area contributed by atoms with E-state index >= 15 is 0 Å². The van der Waals surface area contributed by atoms with Crippen molar-refractivity contribution in [3.05, 3.63) is 95.6 Å². The fourth-order valence-electron chi connectivity index (χ4n) is 3.36. The fourth-order valence-corrected chi connectivity index (χ4v) is 3.36. The largest absolute Gasteiger partial charge is 0.493 e. The van der Waals surface area contributed by atoms with Crippen molar-refractivity contribution in [1.29, 1.82) is 5.26 Å². The molecule has 4 rings (SSSR count). The van der Waals surface area contributed by atoms with Crippen LogP contribution in [0.5, 0.6) is 5.75 Å². The first kappa shape index (κ1) is 19.1. The van der Waals surface area contributed by atoms with Crippen LogP contribution in [0.3, 0.4) is 0 Å². The van der Waals surface area contributed by atoms with Gasteiger partial charge in [-0.2, -0.15) is 5.26 Å². The molecule has 0 radical (unpaired) electrons. The number of hydrogen-bond donors (Lipinski definition) is 1. The van der Waals surface area contributed by atoms with Gasteiger partial charge in [0.25, 0.3) is 0 Å². The van der Waals surface area contributed by atoms with Gasteiger partial charge in [-0.1, -0.05) is 48.2 Å². The SMILES string of the molecule is N#CN(C(N)=Nc1ccccc1)C1CCOc2ccc(C#Cc3ccccc3)cc21. The third-order valence-electron chi connectivity index (χ3n) is 4.81. The average Bonchev–Trinajstić information content (AvgIpc) is 2.79. The van der Waals surface area contributed by atoms with Gasteiger partial charge in [0.05, 0.1) is 18.3 Å². The van der Waals surface area contributed by atoms with Crippen LogP contribution in [0.2, 0.25) is 0 Å². The Kier molecular flexibility index (Phi) is 5.64. The summed E-state index contributed by atoms with van der Waals surface area (Å²) in [5.74, 6) is 7.25. The molecule has 30 heavy (non-hydrogen) atoms. The second-order valence-electron chi connectivity index (χ2n) is 6.80. The molecule has 3 aromatic carbocycles. The summed E-state index contributed by atoms with van der Waals surface area (Å²) in [4.78, 5) is 5.85. The summed E-state index contributed by atoms with van der Waals surface area (Å²) in [7, 11) is 0. The Bertz CT molecular complexity index is 1150. The number of para-hydroxylation sites is 1. The van der Waals surface area contributed by atoms with E-state index in [0.29, 0.717) is 18.7 Å². The summed E-state index contributed by atoms with van der Waals surface area (Å²) in [6.45, 7) is 0.503. The summed E-state index contributed by atoms with van der Waals surface area (Å²) in [6, 6.07) is 24.7. The fraction of sp³-hybridized carbons (Fsp3) is 0.120. The first-order valence-electron chi connectivity index (χ1n) is 9.66. The Hall–Kier alpha value is -4.22. The number of benzene rings is 3. The molecule has 0 bridgehead atoms. The molecule has 1 aliphatic rings. The van der Waals surface area contributed by atoms with Crippen molar-refractivity contribution in [1.82, 2.24) is 4.90 Å². The lowest BCUT2D eigenvalue weighted by Gasteiger charge is -2.31. The van der Waals surface area contributed by atoms with E-state index in [1.807, 2.05) is 78.9 Å². The van der Waals surface area contributed by atoms with E-state index in [-0.39, 0.29) is 12.0 Å². The van der Waals surface area contributed by atoms with Crippen LogP contribution in [-0.4, -0.2) is 17.5 Å². The Morgan fingerprint density at radius 2 is 1.67 bits per heavy atom. The van der Waals surface area contributed by atoms with Gasteiger partial charge in [0.2, 0.25) is 5.96 Å². The van der Waals surface area contributed by atoms with Crippen LogP contribution < -0.4 is 10.5 Å². The van der Waals surface area contributed by atoms with E-state index in [9.17, 15) is 5.26 Å². The first-order valence-corrected chi connectivity index (χ1v) is 9.66. The van der Waals surface area contributed by atoms with Gasteiger partial charge in [-0.25, -0.2) is 9.89 Å². The third kappa shape index (κ3) is 4.27. The number of aliphatic imine (C=N–C) groups is 1. The highest BCUT2D eigenvalue weighted by molar-refractivity contribution is 5.83. The molecule has 3 aromatic rings. The Labute approximate surface area is 176 Å². The lowest BCUT2D eigenvalue weighted by Crippen LogP contribution is -2.38. The smallest absolute Gasteiger partial charge is 0.210 e. The molecular formula is C25H20N4O. The summed E-state index contributed by atoms with van der Waals surface area (Å²) in [5.41, 5.74) is 9.58. The molecule has 5 nitrogen and oxygen atoms in total. The van der Waals surface area contributed by atoms with Gasteiger partial charge in [0.1, 0.15) is 5.75 Å². The zero-order chi connectivity index (χ0) is 20.8. The van der Waals surface area contributed by atoms with E-state index in [4.69, 9.17) is 10.5 Å². The zero-order valence-corrected chi connectivity index (χ0v) is 16.3. The van der Waals surface area contributed by atoms with Crippen LogP contribution in [-0.2, 0) is 0 Å². The quantitative estimate of drug-likeness (QED) is 0.231. The van der Waals surface area contributed by atoms with Crippen molar-refractivity contribution in [3.63, 3.8) is 0 Å². The zero-order valence-electron chi connectivity index (χ0n) is 16.3. The highest BCUT2D eigenvalue weighted by atomic mass is 16.5. The van der Waals surface area contributed by atoms with Crippen LogP contribution in [0.4, 0.5) is 5.69 Å². The van der Waals surface area contributed by atoms with E-state index in [1.54, 1.807) is 0 Å². The molecule has 1 aliphatic heterocycles. The average molecular weight is 392 g/mol. The van der Waals surface area contributed by atoms with Gasteiger partial charge in [-0.3, -0.25) is 0 Å². The van der Waals surface area contributed by atoms with Gasteiger partial charge < -0.3 is 10.5 Å². The van der Waals surface area contributed by atoms with Crippen molar-refractivity contribution in [2.45, 2.75) is 12.5 Å². The van der Waals surface area contributed by atoms with Crippen molar-refractivity contribution in [2.24, 2.45) is 10.7 Å². The molecule has 0 amide bonds. The molecule has 1 heterocycles. The van der Waals surface area contributed by atoms with Gasteiger partial charge in [-0.15, -0.1) is 0 Å². The van der Waals surface area contributed by atoms with E-state index in [1.165, 1.54) is 4.90 Å². The predicted octanol–water partition coefficient (Wildman–Crippen LogP) is 4.34. The lowest BCUT2D eigenvalue weighted by molar-refractivity contribution is 0.228. The van der Waals surface area contributed by atoms with Crippen LogP contribution in [0, 0.1) is 23.3 Å². The molecule has 0 spiro atoms. The first-order chi connectivity index (χ1) is 14.7. The predicted molar refractivity (Wildman–Crippen MR) is 117 cm³/mol. The molecule has 0 fully saturated rings. The molecular weight excluding hydrogens is 372 g/mol. The molecule has 1 atom stereocenters. The van der Waals surface area contributed by atoms with E-state index in [2.05, 4.69) is 23.0 Å². The number of ether oxygens (including phenoxy) is 1. The molecule has 146 valence electrons. The second kappa shape index (κ2) is 8.86. The summed E-state index contributed by atoms with van der Waals surface area (Å²) in [6.07, 6.45) is 2.82. The maximum absolute atomic E-state index is 9.82. The minimum absolute atomic E-state index is 0.155. The van der Waals surface area contributed by atoms with Gasteiger partial charge in [0.15, 0.2) is 6.19 Å². The van der Waals surface area contributed by atoms with E-state index < -0.39 is 0 Å². The summed E-state index contributed by atoms with van der Waals surface area (Å²) < 4.78 is 5.80. The minimum atomic E-state index is -0.260. The number of nitrogens with zero attached hydrogens (tertiary/aromatic N) is 3. The number of nitriles is 1. The Morgan fingerprint density at radius 3 is 2.40 bits per heavy atom. The maximum Gasteiger partial charge on any atom is 0.210 e. The van der Waals surface area contributed by atoms with Gasteiger partial charge in [0, 0.05) is 23.1 Å². The molecule has 2 N–H and O–H groups in total. The molecule has 0 saturated carbocycles. The maximum atomic E-state index is 9.82. The Morgan fingerprint density at radius 1 is 0.967 bits per heavy atom. The number of hydrogen-bond acceptors (Lipinski definition) is 3. The third-order valence-corrected chi connectivity index (χ3v) is 4.81. The van der Waals surface area contributed by atoms with Crippen LogP contribution in [0.15, 0.2) is 83.9 Å². The number of guanidine groups is 1. The van der Waals surface area contributed by atoms with Crippen LogP contribution in [0.25, 0.3) is 0 Å². The number of nitrogens with two attached hydrogens (primary N) is 1. The van der Waals surface area contributed by atoms with Gasteiger partial charge in [-0.05, 0) is 42.5 Å². The second-order valence-corrected chi connectivity index (χ2v) is 6.80. The molecule has 5 heteroatoms. The number of rotatable bonds is 2. The molecule has 0 aromatic heterocycles. The van der Waals surface area contributed by atoms with E-state index in [0.717, 1.165) is 22.4 Å². The minimum Gasteiger partial charge on any atom is -0.493 e. The summed E-state index contributed by atoms with van der Waals surface area (Å²) >= 11 is 0. The van der Waals surface area contributed by atoms with Crippen molar-refractivity contribution in [2.75, 3.05) is 6.61 Å². The van der Waals surface area contributed by atoms with Crippen LogP contribution in [0.1, 0.15) is 29.2 Å².